The van der Waals surface area contributed by atoms with Crippen LogP contribution in [-0.2, 0) is 11.2 Å². The summed E-state index contributed by atoms with van der Waals surface area (Å²) in [4.78, 5) is 19.7. The summed E-state index contributed by atoms with van der Waals surface area (Å²) in [5.41, 5.74) is 1.02. The minimum absolute atomic E-state index is 0.277. The van der Waals surface area contributed by atoms with E-state index in [2.05, 4.69) is 4.98 Å². The molecule has 0 radical (unpaired) electrons. The van der Waals surface area contributed by atoms with Gasteiger partial charge in [0.05, 0.1) is 17.1 Å². The molecule has 0 aliphatic carbocycles. The standard InChI is InChI=1S/C13H20N2OS/c1-10-12(17-11(2)14-10)9-13(16)15-7-5-3-4-6-8-15/h3-9H2,1-2H3. The Bertz CT molecular complexity index is 392. The zero-order chi connectivity index (χ0) is 12.3. The van der Waals surface area contributed by atoms with E-state index in [-0.39, 0.29) is 5.91 Å². The molecule has 1 aromatic rings. The van der Waals surface area contributed by atoms with Gasteiger partial charge in [-0.2, -0.15) is 0 Å². The van der Waals surface area contributed by atoms with Crippen LogP contribution < -0.4 is 0 Å². The molecular weight excluding hydrogens is 232 g/mol. The molecule has 0 aromatic carbocycles. The van der Waals surface area contributed by atoms with Crippen molar-refractivity contribution < 1.29 is 4.79 Å². The maximum Gasteiger partial charge on any atom is 0.227 e. The highest BCUT2D eigenvalue weighted by molar-refractivity contribution is 7.11. The van der Waals surface area contributed by atoms with E-state index in [9.17, 15) is 4.79 Å². The number of aryl methyl sites for hydroxylation is 2. The van der Waals surface area contributed by atoms with Crippen molar-refractivity contribution in [1.29, 1.82) is 0 Å². The average molecular weight is 252 g/mol. The maximum atomic E-state index is 12.2. The molecule has 2 rings (SSSR count). The molecule has 0 atom stereocenters. The molecule has 4 heteroatoms. The summed E-state index contributed by atoms with van der Waals surface area (Å²) in [5.74, 6) is 0.277. The summed E-state index contributed by atoms with van der Waals surface area (Å²) in [7, 11) is 0. The minimum Gasteiger partial charge on any atom is -0.342 e. The van der Waals surface area contributed by atoms with Crippen molar-refractivity contribution in [3.8, 4) is 0 Å². The first-order chi connectivity index (χ1) is 8.16. The Kier molecular flexibility index (Phi) is 4.15. The Labute approximate surface area is 107 Å². The van der Waals surface area contributed by atoms with Crippen LogP contribution >= 0.6 is 11.3 Å². The van der Waals surface area contributed by atoms with E-state index in [1.54, 1.807) is 11.3 Å². The number of rotatable bonds is 2. The van der Waals surface area contributed by atoms with Gasteiger partial charge in [0.2, 0.25) is 5.91 Å². The molecule has 1 aliphatic rings. The second kappa shape index (κ2) is 5.63. The highest BCUT2D eigenvalue weighted by atomic mass is 32.1. The van der Waals surface area contributed by atoms with Gasteiger partial charge in [0, 0.05) is 18.0 Å². The molecule has 0 unspecified atom stereocenters. The predicted octanol–water partition coefficient (Wildman–Crippen LogP) is 2.71. The molecule has 2 heterocycles. The van der Waals surface area contributed by atoms with Crippen molar-refractivity contribution in [2.24, 2.45) is 0 Å². The third kappa shape index (κ3) is 3.28. The Morgan fingerprint density at radius 2 is 1.88 bits per heavy atom. The zero-order valence-corrected chi connectivity index (χ0v) is 11.5. The molecule has 94 valence electrons. The Balaban J connectivity index is 1.98. The number of carbonyl (C=O) groups excluding carboxylic acids is 1. The molecule has 1 fully saturated rings. The van der Waals surface area contributed by atoms with Gasteiger partial charge in [-0.15, -0.1) is 11.3 Å². The lowest BCUT2D eigenvalue weighted by molar-refractivity contribution is -0.130. The van der Waals surface area contributed by atoms with Crippen LogP contribution in [0.25, 0.3) is 0 Å². The van der Waals surface area contributed by atoms with Gasteiger partial charge < -0.3 is 4.90 Å². The highest BCUT2D eigenvalue weighted by Gasteiger charge is 2.17. The van der Waals surface area contributed by atoms with E-state index in [0.29, 0.717) is 6.42 Å². The molecule has 3 nitrogen and oxygen atoms in total. The van der Waals surface area contributed by atoms with Crippen molar-refractivity contribution in [3.63, 3.8) is 0 Å². The molecule has 0 bridgehead atoms. The fraction of sp³-hybridized carbons (Fsp3) is 0.692. The van der Waals surface area contributed by atoms with Crippen LogP contribution in [0.3, 0.4) is 0 Å². The van der Waals surface area contributed by atoms with Gasteiger partial charge in [0.15, 0.2) is 0 Å². The number of hydrogen-bond donors (Lipinski definition) is 0. The van der Waals surface area contributed by atoms with Crippen LogP contribution in [0.15, 0.2) is 0 Å². The molecule has 0 spiro atoms. The van der Waals surface area contributed by atoms with E-state index in [0.717, 1.165) is 41.5 Å². The third-order valence-electron chi connectivity index (χ3n) is 3.27. The summed E-state index contributed by atoms with van der Waals surface area (Å²) < 4.78 is 0. The molecular formula is C13H20N2OS. The predicted molar refractivity (Wildman–Crippen MR) is 70.3 cm³/mol. The summed E-state index contributed by atoms with van der Waals surface area (Å²) in [5, 5.41) is 1.06. The molecule has 0 N–H and O–H groups in total. The first-order valence-corrected chi connectivity index (χ1v) is 7.19. The maximum absolute atomic E-state index is 12.2. The molecule has 1 amide bonds. The zero-order valence-electron chi connectivity index (χ0n) is 10.7. The first-order valence-electron chi connectivity index (χ1n) is 6.37. The van der Waals surface area contributed by atoms with E-state index in [1.807, 2.05) is 18.7 Å². The first kappa shape index (κ1) is 12.6. The van der Waals surface area contributed by atoms with Crippen molar-refractivity contribution >= 4 is 17.2 Å². The molecule has 0 saturated carbocycles. The summed E-state index contributed by atoms with van der Waals surface area (Å²) in [6.45, 7) is 5.87. The smallest absolute Gasteiger partial charge is 0.227 e. The number of nitrogens with zero attached hydrogens (tertiary/aromatic N) is 2. The van der Waals surface area contributed by atoms with Crippen LogP contribution in [0.1, 0.15) is 41.3 Å². The van der Waals surface area contributed by atoms with Crippen molar-refractivity contribution in [2.45, 2.75) is 46.0 Å². The summed E-state index contributed by atoms with van der Waals surface area (Å²) in [6, 6.07) is 0. The third-order valence-corrected chi connectivity index (χ3v) is 4.34. The van der Waals surface area contributed by atoms with Crippen molar-refractivity contribution in [2.75, 3.05) is 13.1 Å². The van der Waals surface area contributed by atoms with Gasteiger partial charge in [0.25, 0.3) is 0 Å². The van der Waals surface area contributed by atoms with E-state index in [4.69, 9.17) is 0 Å². The fourth-order valence-electron chi connectivity index (χ4n) is 2.31. The van der Waals surface area contributed by atoms with Gasteiger partial charge >= 0.3 is 0 Å². The monoisotopic (exact) mass is 252 g/mol. The van der Waals surface area contributed by atoms with Gasteiger partial charge in [-0.1, -0.05) is 12.8 Å². The topological polar surface area (TPSA) is 33.2 Å². The van der Waals surface area contributed by atoms with Crippen LogP contribution in [-0.4, -0.2) is 28.9 Å². The van der Waals surface area contributed by atoms with E-state index in [1.165, 1.54) is 12.8 Å². The molecule has 1 aliphatic heterocycles. The second-order valence-electron chi connectivity index (χ2n) is 4.71. The Morgan fingerprint density at radius 3 is 2.41 bits per heavy atom. The number of carbonyl (C=O) groups is 1. The lowest BCUT2D eigenvalue weighted by atomic mass is 10.2. The van der Waals surface area contributed by atoms with Crippen LogP contribution in [0.2, 0.25) is 0 Å². The molecule has 17 heavy (non-hydrogen) atoms. The number of amides is 1. The number of likely N-dealkylation sites (tertiary alicyclic amines) is 1. The van der Waals surface area contributed by atoms with Gasteiger partial charge in [0.1, 0.15) is 0 Å². The van der Waals surface area contributed by atoms with E-state index < -0.39 is 0 Å². The largest absolute Gasteiger partial charge is 0.342 e. The van der Waals surface area contributed by atoms with Crippen molar-refractivity contribution in [1.82, 2.24) is 9.88 Å². The number of thiazole rings is 1. The quantitative estimate of drug-likeness (QED) is 0.811. The van der Waals surface area contributed by atoms with Crippen LogP contribution in [0.4, 0.5) is 0 Å². The van der Waals surface area contributed by atoms with E-state index >= 15 is 0 Å². The second-order valence-corrected chi connectivity index (χ2v) is 6.00. The summed E-state index contributed by atoms with van der Waals surface area (Å²) >= 11 is 1.65. The minimum atomic E-state index is 0.277. The van der Waals surface area contributed by atoms with Crippen LogP contribution in [0.5, 0.6) is 0 Å². The SMILES string of the molecule is Cc1nc(C)c(CC(=O)N2CCCCCC2)s1. The summed E-state index contributed by atoms with van der Waals surface area (Å²) in [6.07, 6.45) is 5.39. The normalized spacial score (nSPS) is 16.9. The lowest BCUT2D eigenvalue weighted by Crippen LogP contribution is -2.33. The number of hydrogen-bond acceptors (Lipinski definition) is 3. The molecule has 1 aromatic heterocycles. The van der Waals surface area contributed by atoms with Gasteiger partial charge in [-0.05, 0) is 26.7 Å². The Hall–Kier alpha value is -0.900. The van der Waals surface area contributed by atoms with Gasteiger partial charge in [-0.25, -0.2) is 4.98 Å². The van der Waals surface area contributed by atoms with Crippen LogP contribution in [0, 0.1) is 13.8 Å². The lowest BCUT2D eigenvalue weighted by Gasteiger charge is -2.19. The average Bonchev–Trinajstić information content (AvgIpc) is 2.54. The fourth-order valence-corrected chi connectivity index (χ4v) is 3.23. The number of aromatic nitrogens is 1. The van der Waals surface area contributed by atoms with Gasteiger partial charge in [-0.3, -0.25) is 4.79 Å². The molecule has 1 saturated heterocycles. The van der Waals surface area contributed by atoms with Crippen molar-refractivity contribution in [3.05, 3.63) is 15.6 Å². The Morgan fingerprint density at radius 1 is 1.24 bits per heavy atom. The highest BCUT2D eigenvalue weighted by Crippen LogP contribution is 2.19.